The zero-order chi connectivity index (χ0) is 8.72. The first-order valence-corrected chi connectivity index (χ1v) is 4.92. The van der Waals surface area contributed by atoms with E-state index in [1.165, 1.54) is 6.07 Å². The van der Waals surface area contributed by atoms with E-state index in [1.807, 2.05) is 6.07 Å². The van der Waals surface area contributed by atoms with E-state index in [0.717, 1.165) is 13.9 Å². The van der Waals surface area contributed by atoms with Gasteiger partial charge >= 0.3 is 0 Å². The van der Waals surface area contributed by atoms with Crippen LogP contribution in [0.3, 0.4) is 0 Å². The van der Waals surface area contributed by atoms with Gasteiger partial charge in [-0.2, -0.15) is 0 Å². The maximum atomic E-state index is 12.9. The number of fused-ring (bicyclic) bond motifs is 1. The number of halogens is 2. The molecule has 2 rings (SSSR count). The molecule has 0 fully saturated rings. The second kappa shape index (κ2) is 2.71. The Bertz CT molecular complexity index is 438. The van der Waals surface area contributed by atoms with Crippen molar-refractivity contribution < 1.29 is 4.39 Å². The molecule has 2 N–H and O–H groups in total. The first-order chi connectivity index (χ1) is 5.68. The molecule has 0 saturated carbocycles. The summed E-state index contributed by atoms with van der Waals surface area (Å²) in [7, 11) is 0. The van der Waals surface area contributed by atoms with Crippen LogP contribution in [0.15, 0.2) is 22.0 Å². The van der Waals surface area contributed by atoms with Gasteiger partial charge in [-0.05, 0) is 34.1 Å². The summed E-state index contributed by atoms with van der Waals surface area (Å²) < 4.78 is 14.9. The lowest BCUT2D eigenvalue weighted by atomic mass is 10.2. The number of anilines is 1. The molecule has 2 aromatic rings. The molecule has 1 heterocycles. The van der Waals surface area contributed by atoms with Gasteiger partial charge in [0.15, 0.2) is 0 Å². The van der Waals surface area contributed by atoms with Crippen LogP contribution in [-0.2, 0) is 0 Å². The largest absolute Gasteiger partial charge is 0.396 e. The van der Waals surface area contributed by atoms with Crippen molar-refractivity contribution >= 4 is 43.0 Å². The first kappa shape index (κ1) is 8.01. The maximum absolute atomic E-state index is 12.9. The lowest BCUT2D eigenvalue weighted by molar-refractivity contribution is 0.634. The van der Waals surface area contributed by atoms with Crippen molar-refractivity contribution in [2.45, 2.75) is 0 Å². The normalized spacial score (nSPS) is 10.8. The fourth-order valence-electron chi connectivity index (χ4n) is 1.08. The molecule has 0 unspecified atom stereocenters. The molecule has 0 radical (unpaired) electrons. The van der Waals surface area contributed by atoms with Crippen molar-refractivity contribution in [3.63, 3.8) is 0 Å². The molecule has 0 saturated heterocycles. The molecule has 0 aliphatic heterocycles. The number of hydrogen-bond donors (Lipinski definition) is 1. The first-order valence-electron chi connectivity index (χ1n) is 3.31. The minimum atomic E-state index is -0.354. The van der Waals surface area contributed by atoms with Gasteiger partial charge in [0.1, 0.15) is 5.82 Å². The van der Waals surface area contributed by atoms with Crippen LogP contribution in [0.25, 0.3) is 10.1 Å². The Kier molecular flexibility index (Phi) is 1.81. The third kappa shape index (κ3) is 1.11. The van der Waals surface area contributed by atoms with E-state index in [4.69, 9.17) is 5.73 Å². The summed E-state index contributed by atoms with van der Waals surface area (Å²) in [4.78, 5) is 0. The molecular formula is C8H5BrFNS. The number of hydrogen-bond acceptors (Lipinski definition) is 2. The Balaban J connectivity index is 2.89. The Labute approximate surface area is 81.1 Å². The zero-order valence-corrected chi connectivity index (χ0v) is 8.38. The molecular weight excluding hydrogens is 241 g/mol. The Hall–Kier alpha value is -0.610. The predicted octanol–water partition coefficient (Wildman–Crippen LogP) is 3.39. The third-order valence-corrected chi connectivity index (χ3v) is 3.26. The van der Waals surface area contributed by atoms with Crippen LogP contribution in [0.4, 0.5) is 10.1 Å². The van der Waals surface area contributed by atoms with Crippen molar-refractivity contribution in [1.29, 1.82) is 0 Å². The van der Waals surface area contributed by atoms with Crippen LogP contribution in [0, 0.1) is 5.82 Å². The van der Waals surface area contributed by atoms with E-state index in [1.54, 1.807) is 17.4 Å². The standard InChI is InChI=1S/C8H5BrFNS/c9-7-3-4-6(12-7)2-1-5(10)8(4)11/h1-3H,11H2. The van der Waals surface area contributed by atoms with E-state index in [-0.39, 0.29) is 11.5 Å². The summed E-state index contributed by atoms with van der Waals surface area (Å²) in [6, 6.07) is 4.95. The third-order valence-electron chi connectivity index (χ3n) is 1.66. The van der Waals surface area contributed by atoms with E-state index >= 15 is 0 Å². The van der Waals surface area contributed by atoms with Crippen molar-refractivity contribution in [2.24, 2.45) is 0 Å². The number of nitrogens with two attached hydrogens (primary N) is 1. The lowest BCUT2D eigenvalue weighted by Gasteiger charge is -1.96. The van der Waals surface area contributed by atoms with E-state index < -0.39 is 0 Å². The topological polar surface area (TPSA) is 26.0 Å². The summed E-state index contributed by atoms with van der Waals surface area (Å²) in [5.74, 6) is -0.354. The fraction of sp³-hybridized carbons (Fsp3) is 0. The summed E-state index contributed by atoms with van der Waals surface area (Å²) in [5.41, 5.74) is 5.77. The zero-order valence-electron chi connectivity index (χ0n) is 5.97. The van der Waals surface area contributed by atoms with Gasteiger partial charge in [0.25, 0.3) is 0 Å². The number of thiophene rings is 1. The highest BCUT2D eigenvalue weighted by atomic mass is 79.9. The van der Waals surface area contributed by atoms with Crippen LogP contribution in [0.5, 0.6) is 0 Å². The second-order valence-electron chi connectivity index (χ2n) is 2.42. The monoisotopic (exact) mass is 245 g/mol. The van der Waals surface area contributed by atoms with Gasteiger partial charge < -0.3 is 5.73 Å². The molecule has 62 valence electrons. The van der Waals surface area contributed by atoms with Crippen molar-refractivity contribution in [3.05, 3.63) is 27.8 Å². The summed E-state index contributed by atoms with van der Waals surface area (Å²) >= 11 is 4.87. The van der Waals surface area contributed by atoms with Crippen LogP contribution < -0.4 is 5.73 Å². The number of nitrogen functional groups attached to an aromatic ring is 1. The van der Waals surface area contributed by atoms with Gasteiger partial charge in [-0.1, -0.05) is 0 Å². The van der Waals surface area contributed by atoms with E-state index in [0.29, 0.717) is 0 Å². The molecule has 0 atom stereocenters. The molecule has 1 aromatic heterocycles. The molecule has 4 heteroatoms. The molecule has 1 nitrogen and oxygen atoms in total. The van der Waals surface area contributed by atoms with Crippen LogP contribution in [0.1, 0.15) is 0 Å². The summed E-state index contributed by atoms with van der Waals surface area (Å²) in [5, 5.41) is 0.784. The summed E-state index contributed by atoms with van der Waals surface area (Å²) in [6.07, 6.45) is 0. The van der Waals surface area contributed by atoms with Gasteiger partial charge in [0.2, 0.25) is 0 Å². The summed E-state index contributed by atoms with van der Waals surface area (Å²) in [6.45, 7) is 0. The minimum absolute atomic E-state index is 0.231. The highest BCUT2D eigenvalue weighted by molar-refractivity contribution is 9.11. The van der Waals surface area contributed by atoms with Crippen molar-refractivity contribution in [2.75, 3.05) is 5.73 Å². The molecule has 0 bridgehead atoms. The second-order valence-corrected chi connectivity index (χ2v) is 4.89. The fourth-order valence-corrected chi connectivity index (χ4v) is 2.63. The number of rotatable bonds is 0. The molecule has 0 aliphatic rings. The Morgan fingerprint density at radius 2 is 2.17 bits per heavy atom. The van der Waals surface area contributed by atoms with Crippen LogP contribution in [0.2, 0.25) is 0 Å². The smallest absolute Gasteiger partial charge is 0.146 e. The SMILES string of the molecule is Nc1c(F)ccc2sc(Br)cc12. The molecule has 0 amide bonds. The molecule has 1 aromatic carbocycles. The predicted molar refractivity (Wildman–Crippen MR) is 53.9 cm³/mol. The highest BCUT2D eigenvalue weighted by Crippen LogP contribution is 2.34. The minimum Gasteiger partial charge on any atom is -0.396 e. The highest BCUT2D eigenvalue weighted by Gasteiger charge is 2.06. The molecule has 0 spiro atoms. The van der Waals surface area contributed by atoms with Gasteiger partial charge in [-0.15, -0.1) is 11.3 Å². The van der Waals surface area contributed by atoms with E-state index in [9.17, 15) is 4.39 Å². The Morgan fingerprint density at radius 1 is 1.42 bits per heavy atom. The van der Waals surface area contributed by atoms with Gasteiger partial charge in [-0.25, -0.2) is 4.39 Å². The van der Waals surface area contributed by atoms with Crippen molar-refractivity contribution in [3.8, 4) is 0 Å². The Morgan fingerprint density at radius 3 is 2.92 bits per heavy atom. The quantitative estimate of drug-likeness (QED) is 0.708. The van der Waals surface area contributed by atoms with Gasteiger partial charge in [-0.3, -0.25) is 0 Å². The average molecular weight is 246 g/mol. The lowest BCUT2D eigenvalue weighted by Crippen LogP contribution is -1.89. The van der Waals surface area contributed by atoms with Crippen molar-refractivity contribution in [1.82, 2.24) is 0 Å². The van der Waals surface area contributed by atoms with Crippen LogP contribution in [-0.4, -0.2) is 0 Å². The van der Waals surface area contributed by atoms with Gasteiger partial charge in [0, 0.05) is 10.1 Å². The maximum Gasteiger partial charge on any atom is 0.146 e. The van der Waals surface area contributed by atoms with E-state index in [2.05, 4.69) is 15.9 Å². The molecule has 12 heavy (non-hydrogen) atoms. The van der Waals surface area contributed by atoms with Crippen LogP contribution >= 0.6 is 27.3 Å². The average Bonchev–Trinajstić information content (AvgIpc) is 2.39. The van der Waals surface area contributed by atoms with Gasteiger partial charge in [0.05, 0.1) is 9.47 Å². The molecule has 0 aliphatic carbocycles. The number of benzene rings is 1.